The predicted octanol–water partition coefficient (Wildman–Crippen LogP) is 2.75. The van der Waals surface area contributed by atoms with Gasteiger partial charge in [-0.15, -0.1) is 0 Å². The van der Waals surface area contributed by atoms with Crippen LogP contribution in [0.2, 0.25) is 0 Å². The van der Waals surface area contributed by atoms with Crippen LogP contribution in [-0.4, -0.2) is 15.9 Å². The standard InChI is InChI=1S/C14H17N3O2/c1-7-6-15-11(5-10(7)17(18)19)16-14-12-8-2-3-9(4-8)13(12)14/h5-6,8-9,12-14H,2-4H2,1H3,(H,15,16). The molecule has 1 aromatic heterocycles. The Morgan fingerprint density at radius 3 is 2.68 bits per heavy atom. The Hall–Kier alpha value is -1.65. The van der Waals surface area contributed by atoms with Crippen LogP contribution in [0.3, 0.4) is 0 Å². The largest absolute Gasteiger partial charge is 0.367 e. The fourth-order valence-corrected chi connectivity index (χ4v) is 4.48. The number of fused-ring (bicyclic) bond motifs is 5. The minimum Gasteiger partial charge on any atom is -0.367 e. The Morgan fingerprint density at radius 2 is 2.05 bits per heavy atom. The number of nitrogens with zero attached hydrogens (tertiary/aromatic N) is 2. The fourth-order valence-electron chi connectivity index (χ4n) is 4.48. The first kappa shape index (κ1) is 11.2. The lowest BCUT2D eigenvalue weighted by atomic mass is 10.0. The first-order chi connectivity index (χ1) is 9.15. The molecular formula is C14H17N3O2. The second-order valence-electron chi connectivity index (χ2n) is 6.27. The minimum absolute atomic E-state index is 0.159. The van der Waals surface area contributed by atoms with E-state index >= 15 is 0 Å². The second-order valence-corrected chi connectivity index (χ2v) is 6.27. The normalized spacial score (nSPS) is 38.1. The molecule has 19 heavy (non-hydrogen) atoms. The van der Waals surface area contributed by atoms with Crippen LogP contribution in [0.15, 0.2) is 12.3 Å². The number of nitro groups is 1. The first-order valence-electron chi connectivity index (χ1n) is 7.02. The van der Waals surface area contributed by atoms with Crippen molar-refractivity contribution in [3.8, 4) is 0 Å². The van der Waals surface area contributed by atoms with E-state index in [0.29, 0.717) is 17.4 Å². The van der Waals surface area contributed by atoms with Gasteiger partial charge in [-0.3, -0.25) is 10.1 Å². The summed E-state index contributed by atoms with van der Waals surface area (Å²) in [6, 6.07) is 2.09. The van der Waals surface area contributed by atoms with E-state index in [4.69, 9.17) is 0 Å². The molecule has 3 saturated carbocycles. The summed E-state index contributed by atoms with van der Waals surface area (Å²) in [7, 11) is 0. The highest BCUT2D eigenvalue weighted by atomic mass is 16.6. The van der Waals surface area contributed by atoms with Crippen LogP contribution in [0.1, 0.15) is 24.8 Å². The van der Waals surface area contributed by atoms with Crippen LogP contribution in [0.4, 0.5) is 11.5 Å². The number of hydrogen-bond donors (Lipinski definition) is 1. The van der Waals surface area contributed by atoms with E-state index < -0.39 is 0 Å². The maximum Gasteiger partial charge on any atom is 0.277 e. The van der Waals surface area contributed by atoms with Gasteiger partial charge in [0.15, 0.2) is 0 Å². The second kappa shape index (κ2) is 3.68. The molecule has 5 nitrogen and oxygen atoms in total. The van der Waals surface area contributed by atoms with Gasteiger partial charge in [0.1, 0.15) is 5.82 Å². The van der Waals surface area contributed by atoms with Crippen LogP contribution in [0.25, 0.3) is 0 Å². The Balaban J connectivity index is 1.53. The van der Waals surface area contributed by atoms with Crippen molar-refractivity contribution in [2.24, 2.45) is 23.7 Å². The number of nitrogens with one attached hydrogen (secondary N) is 1. The Kier molecular flexibility index (Phi) is 2.17. The van der Waals surface area contributed by atoms with Crippen LogP contribution < -0.4 is 5.32 Å². The number of pyridine rings is 1. The minimum atomic E-state index is -0.334. The Labute approximate surface area is 111 Å². The summed E-state index contributed by atoms with van der Waals surface area (Å²) in [6.07, 6.45) is 5.76. The smallest absolute Gasteiger partial charge is 0.277 e. The molecule has 3 aliphatic rings. The van der Waals surface area contributed by atoms with Crippen molar-refractivity contribution in [1.29, 1.82) is 0 Å². The SMILES string of the molecule is Cc1cnc(NC2C3C4CCC(C4)C23)cc1[N+](=O)[O-]. The maximum atomic E-state index is 10.9. The van der Waals surface area contributed by atoms with E-state index in [1.54, 1.807) is 19.2 Å². The van der Waals surface area contributed by atoms with Gasteiger partial charge < -0.3 is 5.32 Å². The molecule has 1 aromatic rings. The van der Waals surface area contributed by atoms with E-state index in [9.17, 15) is 10.1 Å². The van der Waals surface area contributed by atoms with Crippen LogP contribution >= 0.6 is 0 Å². The van der Waals surface area contributed by atoms with E-state index in [1.165, 1.54) is 19.3 Å². The van der Waals surface area contributed by atoms with Crippen molar-refractivity contribution in [1.82, 2.24) is 4.98 Å². The average Bonchev–Trinajstić information content (AvgIpc) is 2.79. The Morgan fingerprint density at radius 1 is 1.37 bits per heavy atom. The quantitative estimate of drug-likeness (QED) is 0.669. The van der Waals surface area contributed by atoms with Crippen molar-refractivity contribution in [3.63, 3.8) is 0 Å². The zero-order valence-corrected chi connectivity index (χ0v) is 10.9. The third-order valence-electron chi connectivity index (χ3n) is 5.32. The van der Waals surface area contributed by atoms with Gasteiger partial charge in [-0.2, -0.15) is 0 Å². The molecular weight excluding hydrogens is 242 g/mol. The summed E-state index contributed by atoms with van der Waals surface area (Å²) in [4.78, 5) is 14.9. The van der Waals surface area contributed by atoms with Crippen molar-refractivity contribution in [2.45, 2.75) is 32.2 Å². The number of hydrogen-bond acceptors (Lipinski definition) is 4. The summed E-state index contributed by atoms with van der Waals surface area (Å²) in [5.41, 5.74) is 0.776. The average molecular weight is 259 g/mol. The summed E-state index contributed by atoms with van der Waals surface area (Å²) in [6.45, 7) is 1.72. The highest BCUT2D eigenvalue weighted by Gasteiger charge is 2.65. The van der Waals surface area contributed by atoms with Gasteiger partial charge in [-0.25, -0.2) is 4.98 Å². The third-order valence-corrected chi connectivity index (χ3v) is 5.32. The van der Waals surface area contributed by atoms with Gasteiger partial charge in [0.05, 0.1) is 11.0 Å². The van der Waals surface area contributed by atoms with E-state index in [0.717, 1.165) is 23.7 Å². The summed E-state index contributed by atoms with van der Waals surface area (Å²) in [5.74, 6) is 4.07. The predicted molar refractivity (Wildman–Crippen MR) is 70.9 cm³/mol. The van der Waals surface area contributed by atoms with E-state index in [1.807, 2.05) is 0 Å². The molecule has 4 rings (SSSR count). The molecule has 0 radical (unpaired) electrons. The lowest BCUT2D eigenvalue weighted by molar-refractivity contribution is -0.385. The van der Waals surface area contributed by atoms with Gasteiger partial charge in [0.2, 0.25) is 0 Å². The molecule has 100 valence electrons. The molecule has 0 spiro atoms. The molecule has 4 unspecified atom stereocenters. The molecule has 0 aliphatic heterocycles. The Bertz CT molecular complexity index is 544. The zero-order valence-electron chi connectivity index (χ0n) is 10.9. The highest BCUT2D eigenvalue weighted by Crippen LogP contribution is 2.66. The molecule has 1 N–H and O–H groups in total. The van der Waals surface area contributed by atoms with Crippen molar-refractivity contribution in [3.05, 3.63) is 27.9 Å². The summed E-state index contributed by atoms with van der Waals surface area (Å²) >= 11 is 0. The van der Waals surface area contributed by atoms with Crippen LogP contribution in [0, 0.1) is 40.7 Å². The highest BCUT2D eigenvalue weighted by molar-refractivity contribution is 5.50. The molecule has 1 heterocycles. The van der Waals surface area contributed by atoms with Gasteiger partial charge in [0, 0.05) is 17.8 Å². The molecule has 4 atom stereocenters. The van der Waals surface area contributed by atoms with Gasteiger partial charge in [0.25, 0.3) is 5.69 Å². The number of aromatic nitrogens is 1. The lowest BCUT2D eigenvalue weighted by Gasteiger charge is -2.11. The van der Waals surface area contributed by atoms with Crippen LogP contribution in [-0.2, 0) is 0 Å². The fraction of sp³-hybridized carbons (Fsp3) is 0.643. The molecule has 0 saturated heterocycles. The molecule has 5 heteroatoms. The zero-order chi connectivity index (χ0) is 13.1. The number of anilines is 1. The third kappa shape index (κ3) is 1.57. The van der Waals surface area contributed by atoms with Gasteiger partial charge in [-0.1, -0.05) is 0 Å². The monoisotopic (exact) mass is 259 g/mol. The molecule has 3 fully saturated rings. The first-order valence-corrected chi connectivity index (χ1v) is 7.02. The van der Waals surface area contributed by atoms with E-state index in [2.05, 4.69) is 10.3 Å². The number of aryl methyl sites for hydroxylation is 1. The van der Waals surface area contributed by atoms with Crippen molar-refractivity contribution in [2.75, 3.05) is 5.32 Å². The van der Waals surface area contributed by atoms with Gasteiger partial charge in [-0.05, 0) is 49.9 Å². The summed E-state index contributed by atoms with van der Waals surface area (Å²) in [5, 5.41) is 14.4. The topological polar surface area (TPSA) is 68.1 Å². The molecule has 2 bridgehead atoms. The van der Waals surface area contributed by atoms with Gasteiger partial charge >= 0.3 is 0 Å². The molecule has 3 aliphatic carbocycles. The van der Waals surface area contributed by atoms with E-state index in [-0.39, 0.29) is 10.6 Å². The maximum absolute atomic E-state index is 10.9. The number of rotatable bonds is 3. The molecule has 0 amide bonds. The van der Waals surface area contributed by atoms with Crippen molar-refractivity contribution >= 4 is 11.5 Å². The summed E-state index contributed by atoms with van der Waals surface area (Å²) < 4.78 is 0. The lowest BCUT2D eigenvalue weighted by Crippen LogP contribution is -2.13. The van der Waals surface area contributed by atoms with Crippen molar-refractivity contribution < 1.29 is 4.92 Å². The molecule has 0 aromatic carbocycles. The van der Waals surface area contributed by atoms with Crippen LogP contribution in [0.5, 0.6) is 0 Å².